The lowest BCUT2D eigenvalue weighted by molar-refractivity contribution is -0.384. The first-order chi connectivity index (χ1) is 12.0. The van der Waals surface area contributed by atoms with Gasteiger partial charge in [-0.05, 0) is 32.9 Å². The molecule has 0 aromatic heterocycles. The van der Waals surface area contributed by atoms with Crippen molar-refractivity contribution >= 4 is 39.4 Å². The third-order valence-electron chi connectivity index (χ3n) is 3.76. The van der Waals surface area contributed by atoms with Crippen molar-refractivity contribution in [3.8, 4) is 0 Å². The molecule has 0 unspecified atom stereocenters. The first-order valence-electron chi connectivity index (χ1n) is 7.91. The number of carbonyl (C=O) groups excluding carboxylic acids is 1. The lowest BCUT2D eigenvalue weighted by Gasteiger charge is -2.40. The zero-order chi connectivity index (χ0) is 19.6. The highest BCUT2D eigenvalue weighted by Gasteiger charge is 2.38. The number of rotatable bonds is 3. The number of ether oxygens (including phenoxy) is 1. The van der Waals surface area contributed by atoms with Crippen LogP contribution in [-0.4, -0.2) is 58.3 Å². The van der Waals surface area contributed by atoms with Crippen molar-refractivity contribution in [1.82, 2.24) is 4.90 Å². The Morgan fingerprint density at radius 3 is 2.54 bits per heavy atom. The summed E-state index contributed by atoms with van der Waals surface area (Å²) < 4.78 is 5.81. The number of aliphatic carboxylic acids is 1. The van der Waals surface area contributed by atoms with Gasteiger partial charge in [0.15, 0.2) is 0 Å². The number of amides is 1. The zero-order valence-electron chi connectivity index (χ0n) is 14.6. The average Bonchev–Trinajstić information content (AvgIpc) is 2.52. The van der Waals surface area contributed by atoms with Gasteiger partial charge in [0.2, 0.25) is 0 Å². The predicted octanol–water partition coefficient (Wildman–Crippen LogP) is 2.87. The molecule has 1 atom stereocenters. The van der Waals surface area contributed by atoms with Gasteiger partial charge in [0.05, 0.1) is 11.5 Å². The summed E-state index contributed by atoms with van der Waals surface area (Å²) in [7, 11) is 0. The fourth-order valence-electron chi connectivity index (χ4n) is 2.66. The molecule has 1 heterocycles. The summed E-state index contributed by atoms with van der Waals surface area (Å²) in [6, 6.07) is 3.33. The minimum atomic E-state index is -1.17. The van der Waals surface area contributed by atoms with Gasteiger partial charge >= 0.3 is 12.1 Å². The van der Waals surface area contributed by atoms with E-state index in [4.69, 9.17) is 4.74 Å². The van der Waals surface area contributed by atoms with Crippen LogP contribution >= 0.6 is 15.9 Å². The second-order valence-corrected chi connectivity index (χ2v) is 7.78. The summed E-state index contributed by atoms with van der Waals surface area (Å²) in [4.78, 5) is 37.5. The molecule has 142 valence electrons. The minimum Gasteiger partial charge on any atom is -0.480 e. The molecule has 1 fully saturated rings. The van der Waals surface area contributed by atoms with Gasteiger partial charge in [-0.3, -0.25) is 10.1 Å². The molecule has 0 aliphatic carbocycles. The van der Waals surface area contributed by atoms with Crippen LogP contribution in [-0.2, 0) is 9.53 Å². The Morgan fingerprint density at radius 1 is 1.35 bits per heavy atom. The van der Waals surface area contributed by atoms with Crippen molar-refractivity contribution in [3.05, 3.63) is 32.8 Å². The van der Waals surface area contributed by atoms with Crippen LogP contribution in [0.3, 0.4) is 0 Å². The van der Waals surface area contributed by atoms with Gasteiger partial charge in [-0.2, -0.15) is 0 Å². The third kappa shape index (κ3) is 4.63. The molecule has 2 rings (SSSR count). The van der Waals surface area contributed by atoms with Crippen molar-refractivity contribution < 1.29 is 24.4 Å². The third-order valence-corrected chi connectivity index (χ3v) is 4.25. The van der Waals surface area contributed by atoms with Gasteiger partial charge in [0.1, 0.15) is 17.3 Å². The number of hydrogen-bond donors (Lipinski definition) is 1. The maximum Gasteiger partial charge on any atom is 0.410 e. The molecule has 0 spiro atoms. The summed E-state index contributed by atoms with van der Waals surface area (Å²) in [5.74, 6) is -1.17. The monoisotopic (exact) mass is 429 g/mol. The Kier molecular flexibility index (Phi) is 5.74. The molecular formula is C16H20BrN3O6. The zero-order valence-corrected chi connectivity index (χ0v) is 16.2. The number of nitrogens with zero attached hydrogens (tertiary/aromatic N) is 3. The number of piperazine rings is 1. The fraction of sp³-hybridized carbons (Fsp3) is 0.500. The summed E-state index contributed by atoms with van der Waals surface area (Å²) in [5.41, 5.74) is -0.692. The Bertz CT molecular complexity index is 733. The average molecular weight is 430 g/mol. The predicted molar refractivity (Wildman–Crippen MR) is 97.4 cm³/mol. The number of carboxylic acids is 1. The van der Waals surface area contributed by atoms with Crippen LogP contribution in [0.1, 0.15) is 20.8 Å². The molecule has 0 radical (unpaired) electrons. The molecule has 1 amide bonds. The molecule has 1 aliphatic rings. The first kappa shape index (κ1) is 20.0. The SMILES string of the molecule is CC(C)(C)OC(=O)N1CCN(c2ccc(Br)cc2[N+](=O)[O-])[C@@H](C(=O)O)C1. The van der Waals surface area contributed by atoms with E-state index in [-0.39, 0.29) is 31.0 Å². The number of halogens is 1. The number of carboxylic acid groups (broad SMARTS) is 1. The van der Waals surface area contributed by atoms with Crippen molar-refractivity contribution in [2.75, 3.05) is 24.5 Å². The number of anilines is 1. The first-order valence-corrected chi connectivity index (χ1v) is 8.70. The van der Waals surface area contributed by atoms with E-state index < -0.39 is 28.6 Å². The molecule has 1 aromatic rings. The second kappa shape index (κ2) is 7.48. The highest BCUT2D eigenvalue weighted by Crippen LogP contribution is 2.33. The van der Waals surface area contributed by atoms with Crippen LogP contribution in [0.4, 0.5) is 16.2 Å². The lowest BCUT2D eigenvalue weighted by Crippen LogP contribution is -2.58. The van der Waals surface area contributed by atoms with Gasteiger partial charge in [-0.25, -0.2) is 9.59 Å². The van der Waals surface area contributed by atoms with Crippen LogP contribution < -0.4 is 4.90 Å². The molecule has 26 heavy (non-hydrogen) atoms. The molecule has 1 saturated heterocycles. The molecule has 9 nitrogen and oxygen atoms in total. The lowest BCUT2D eigenvalue weighted by atomic mass is 10.1. The van der Waals surface area contributed by atoms with Crippen molar-refractivity contribution in [2.45, 2.75) is 32.4 Å². The van der Waals surface area contributed by atoms with E-state index in [0.717, 1.165) is 0 Å². The highest BCUT2D eigenvalue weighted by atomic mass is 79.9. The van der Waals surface area contributed by atoms with E-state index in [2.05, 4.69) is 15.9 Å². The van der Waals surface area contributed by atoms with Gasteiger partial charge < -0.3 is 19.6 Å². The maximum atomic E-state index is 12.2. The van der Waals surface area contributed by atoms with E-state index in [9.17, 15) is 24.8 Å². The van der Waals surface area contributed by atoms with Crippen molar-refractivity contribution in [1.29, 1.82) is 0 Å². The van der Waals surface area contributed by atoms with E-state index in [1.807, 2.05) is 0 Å². The van der Waals surface area contributed by atoms with Crippen LogP contribution in [0, 0.1) is 10.1 Å². The van der Waals surface area contributed by atoms with Crippen LogP contribution in [0.15, 0.2) is 22.7 Å². The number of carbonyl (C=O) groups is 2. The maximum absolute atomic E-state index is 12.2. The molecule has 1 N–H and O–H groups in total. The van der Waals surface area contributed by atoms with Crippen molar-refractivity contribution in [2.24, 2.45) is 0 Å². The molecule has 0 saturated carbocycles. The second-order valence-electron chi connectivity index (χ2n) is 6.86. The Balaban J connectivity index is 2.29. The highest BCUT2D eigenvalue weighted by molar-refractivity contribution is 9.10. The van der Waals surface area contributed by atoms with Gasteiger partial charge in [-0.1, -0.05) is 15.9 Å². The fourth-order valence-corrected chi connectivity index (χ4v) is 3.01. The van der Waals surface area contributed by atoms with Gasteiger partial charge in [0, 0.05) is 23.6 Å². The smallest absolute Gasteiger partial charge is 0.410 e. The number of benzene rings is 1. The molecule has 1 aliphatic heterocycles. The van der Waals surface area contributed by atoms with Crippen LogP contribution in [0.2, 0.25) is 0 Å². The standard InChI is InChI=1S/C16H20BrN3O6/c1-16(2,3)26-15(23)18-6-7-19(13(9-18)14(21)22)11-5-4-10(17)8-12(11)20(24)25/h4-5,8,13H,6-7,9H2,1-3H3,(H,21,22)/t13-/m1/s1. The van der Waals surface area contributed by atoms with E-state index in [0.29, 0.717) is 4.47 Å². The number of nitro benzene ring substituents is 1. The van der Waals surface area contributed by atoms with Crippen molar-refractivity contribution in [3.63, 3.8) is 0 Å². The Labute approximate surface area is 158 Å². The normalized spacial score (nSPS) is 17.8. The summed E-state index contributed by atoms with van der Waals surface area (Å²) in [5, 5.41) is 20.9. The van der Waals surface area contributed by atoms with E-state index >= 15 is 0 Å². The summed E-state index contributed by atoms with van der Waals surface area (Å²) >= 11 is 3.18. The van der Waals surface area contributed by atoms with Gasteiger partial charge in [0.25, 0.3) is 5.69 Å². The topological polar surface area (TPSA) is 113 Å². The quantitative estimate of drug-likeness (QED) is 0.580. The van der Waals surface area contributed by atoms with E-state index in [1.165, 1.54) is 21.9 Å². The Hall–Kier alpha value is -2.36. The number of hydrogen-bond acceptors (Lipinski definition) is 6. The molecular weight excluding hydrogens is 410 g/mol. The van der Waals surface area contributed by atoms with Gasteiger partial charge in [-0.15, -0.1) is 0 Å². The largest absolute Gasteiger partial charge is 0.480 e. The molecule has 10 heteroatoms. The van der Waals surface area contributed by atoms with E-state index in [1.54, 1.807) is 26.8 Å². The summed E-state index contributed by atoms with van der Waals surface area (Å²) in [6.07, 6.45) is -0.603. The molecule has 0 bridgehead atoms. The van der Waals surface area contributed by atoms with Crippen LogP contribution in [0.25, 0.3) is 0 Å². The Morgan fingerprint density at radius 2 is 2.00 bits per heavy atom. The number of nitro groups is 1. The summed E-state index contributed by atoms with van der Waals surface area (Å²) in [6.45, 7) is 5.38. The molecule has 1 aromatic carbocycles. The van der Waals surface area contributed by atoms with Crippen LogP contribution in [0.5, 0.6) is 0 Å². The minimum absolute atomic E-state index is 0.128.